The van der Waals surface area contributed by atoms with Crippen LogP contribution in [-0.2, 0) is 15.0 Å². The standard InChI is InChI=1S/ClH.K.Mg.Na.H3O4P.H2O4S/c;;;;2*1-5(2,3)4/h1H;;;;(H3,1,2,3,4);(H2,1,2,3,4)/q;+1;+2;+1;;/p-4. The zero-order valence-corrected chi connectivity index (χ0v) is 16.3. The molecule has 0 aromatic rings. The molecule has 0 aliphatic heterocycles. The maximum atomic E-state index is 8.77. The third kappa shape index (κ3) is 250. The number of halogens is 1. The predicted molar refractivity (Wildman–Crippen MR) is 28.3 cm³/mol. The summed E-state index contributed by atoms with van der Waals surface area (Å²) < 4.78 is 42.9. The second-order valence-electron chi connectivity index (χ2n) is 0.899. The van der Waals surface area contributed by atoms with E-state index in [2.05, 4.69) is 0 Å². The molecule has 0 aromatic carbocycles. The summed E-state index contributed by atoms with van der Waals surface area (Å²) in [5.41, 5.74) is 0. The van der Waals surface area contributed by atoms with E-state index >= 15 is 0 Å². The molecule has 8 nitrogen and oxygen atoms in total. The molecule has 14 heavy (non-hydrogen) atoms. The van der Waals surface area contributed by atoms with E-state index < -0.39 is 18.2 Å². The molecule has 0 aromatic heterocycles. The number of phosphoric acid groups is 1. The van der Waals surface area contributed by atoms with Crippen LogP contribution in [0, 0.1) is 0 Å². The van der Waals surface area contributed by atoms with Gasteiger partial charge in [-0.25, -0.2) is 0 Å². The Balaban J connectivity index is -0.0000000178. The van der Waals surface area contributed by atoms with Crippen molar-refractivity contribution in [2.45, 2.75) is 0 Å². The van der Waals surface area contributed by atoms with E-state index in [1.165, 1.54) is 0 Å². The van der Waals surface area contributed by atoms with Crippen LogP contribution in [0.15, 0.2) is 0 Å². The molecule has 0 saturated heterocycles. The van der Waals surface area contributed by atoms with Crippen molar-refractivity contribution in [2.24, 2.45) is 0 Å². The van der Waals surface area contributed by atoms with Crippen molar-refractivity contribution in [2.75, 3.05) is 0 Å². The second-order valence-corrected chi connectivity index (χ2v) is 2.70. The largest absolute Gasteiger partial charge is 2.00 e. The van der Waals surface area contributed by atoms with E-state index in [1.807, 2.05) is 0 Å². The van der Waals surface area contributed by atoms with E-state index in [0.29, 0.717) is 0 Å². The summed E-state index contributed by atoms with van der Waals surface area (Å²) in [5.74, 6) is 0. The average molecular weight is 315 g/mol. The van der Waals surface area contributed by atoms with Gasteiger partial charge in [-0.2, -0.15) is 0 Å². The van der Waals surface area contributed by atoms with E-state index in [-0.39, 0.29) is 116 Å². The fraction of sp³-hybridized carbons (Fsp3) is 0. The maximum Gasteiger partial charge on any atom is 2.00 e. The van der Waals surface area contributed by atoms with E-state index in [0.717, 1.165) is 0 Å². The van der Waals surface area contributed by atoms with E-state index in [9.17, 15) is 0 Å². The van der Waals surface area contributed by atoms with Crippen molar-refractivity contribution < 1.29 is 130 Å². The minimum atomic E-state index is -5.17. The van der Waals surface area contributed by atoms with Crippen LogP contribution in [-0.4, -0.2) is 50.4 Å². The molecule has 0 atom stereocenters. The maximum absolute atomic E-state index is 8.77. The Morgan fingerprint density at radius 1 is 1.14 bits per heavy atom. The third-order valence-electron chi connectivity index (χ3n) is 0. The molecule has 0 aliphatic carbocycles. The third-order valence-corrected chi connectivity index (χ3v) is 0. The zero-order valence-electron chi connectivity index (χ0n) is 7.28. The normalized spacial score (nSPS) is 8.36. The van der Waals surface area contributed by atoms with Gasteiger partial charge in [0.25, 0.3) is 7.82 Å². The minimum absolute atomic E-state index is 0. The Bertz CT molecular complexity index is 207. The molecule has 0 fully saturated rings. The van der Waals surface area contributed by atoms with Crippen LogP contribution < -0.4 is 98.2 Å². The molecule has 0 aliphatic rings. The van der Waals surface area contributed by atoms with Crippen LogP contribution in [0.1, 0.15) is 0 Å². The van der Waals surface area contributed by atoms with Crippen molar-refractivity contribution >= 4 is 41.3 Å². The van der Waals surface area contributed by atoms with Crippen molar-refractivity contribution in [3.8, 4) is 0 Å². The monoisotopic (exact) mass is 314 g/mol. The molecule has 0 heterocycles. The Morgan fingerprint density at radius 3 is 1.14 bits per heavy atom. The quantitative estimate of drug-likeness (QED) is 0.193. The van der Waals surface area contributed by atoms with Gasteiger partial charge in [0.2, 0.25) is 0 Å². The van der Waals surface area contributed by atoms with E-state index in [4.69, 9.17) is 36.8 Å². The Labute approximate surface area is 168 Å². The average Bonchev–Trinajstić information content (AvgIpc) is 1.12. The molecule has 0 spiro atoms. The van der Waals surface area contributed by atoms with Crippen LogP contribution in [0.2, 0.25) is 0 Å². The summed E-state index contributed by atoms with van der Waals surface area (Å²) in [4.78, 5) is 22.9. The first-order valence-corrected chi connectivity index (χ1v) is 4.30. The molecule has 2 N–H and O–H groups in total. The summed E-state index contributed by atoms with van der Waals surface area (Å²) in [5, 5.41) is 0. The molecular weight excluding hydrogens is 313 g/mol. The fourth-order valence-electron chi connectivity index (χ4n) is 0. The van der Waals surface area contributed by atoms with Crippen LogP contribution in [0.4, 0.5) is 0 Å². The van der Waals surface area contributed by atoms with Gasteiger partial charge in [0.05, 0.1) is 0 Å². The summed E-state index contributed by atoms with van der Waals surface area (Å²) >= 11 is 0. The first-order chi connectivity index (χ1) is 4.00. The SMILES string of the molecule is O=P([O-])(O)O.O=S(=O)([O-])[O-].[Cl-].[K+].[Mg+2].[Na+]. The zero-order chi connectivity index (χ0) is 9.00. The molecule has 14 heteroatoms. The number of rotatable bonds is 0. The van der Waals surface area contributed by atoms with Gasteiger partial charge in [-0.15, -0.1) is 0 Å². The van der Waals surface area contributed by atoms with Crippen LogP contribution in [0.5, 0.6) is 0 Å². The number of hydrogen-bond donors (Lipinski definition) is 2. The van der Waals surface area contributed by atoms with Crippen molar-refractivity contribution in [1.29, 1.82) is 0 Å². The van der Waals surface area contributed by atoms with Gasteiger partial charge in [0.15, 0.2) is 0 Å². The first-order valence-electron chi connectivity index (χ1n) is 1.43. The van der Waals surface area contributed by atoms with Gasteiger partial charge in [0.1, 0.15) is 0 Å². The topological polar surface area (TPSA) is 161 Å². The Morgan fingerprint density at radius 2 is 1.14 bits per heavy atom. The van der Waals surface area contributed by atoms with Crippen LogP contribution in [0.25, 0.3) is 0 Å². The van der Waals surface area contributed by atoms with Gasteiger partial charge < -0.3 is 36.2 Å². The van der Waals surface area contributed by atoms with Crippen molar-refractivity contribution in [1.82, 2.24) is 0 Å². The molecule has 0 bridgehead atoms. The molecule has 0 radical (unpaired) electrons. The van der Waals surface area contributed by atoms with Crippen molar-refractivity contribution in [3.05, 3.63) is 0 Å². The summed E-state index contributed by atoms with van der Waals surface area (Å²) in [7, 11) is -10.1. The van der Waals surface area contributed by atoms with Crippen LogP contribution in [0.3, 0.4) is 0 Å². The first kappa shape index (κ1) is 36.1. The number of hydrogen-bond acceptors (Lipinski definition) is 6. The van der Waals surface area contributed by atoms with Gasteiger partial charge in [-0.05, 0) is 0 Å². The van der Waals surface area contributed by atoms with Crippen LogP contribution >= 0.6 is 7.82 Å². The second kappa shape index (κ2) is 16.7. The molecular formula is H2ClKMgNaO8PS. The molecule has 72 valence electrons. The van der Waals surface area contributed by atoms with E-state index in [1.54, 1.807) is 0 Å². The molecule has 0 unspecified atom stereocenters. The minimum Gasteiger partial charge on any atom is -1.00 e. The summed E-state index contributed by atoms with van der Waals surface area (Å²) in [6.07, 6.45) is 0. The summed E-state index contributed by atoms with van der Waals surface area (Å²) in [6, 6.07) is 0. The van der Waals surface area contributed by atoms with Gasteiger partial charge in [-0.3, -0.25) is 13.0 Å². The van der Waals surface area contributed by atoms with Gasteiger partial charge >= 0.3 is 104 Å². The fourth-order valence-corrected chi connectivity index (χ4v) is 0. The Hall–Kier alpha value is 3.67. The summed E-state index contributed by atoms with van der Waals surface area (Å²) in [6.45, 7) is 0. The Kier molecular flexibility index (Phi) is 42.9. The van der Waals surface area contributed by atoms with Crippen molar-refractivity contribution in [3.63, 3.8) is 0 Å². The molecule has 0 saturated carbocycles. The molecule has 0 rings (SSSR count). The smallest absolute Gasteiger partial charge is 1.00 e. The van der Waals surface area contributed by atoms with Gasteiger partial charge in [0, 0.05) is 10.4 Å². The molecule has 0 amide bonds. The van der Waals surface area contributed by atoms with Gasteiger partial charge in [-0.1, -0.05) is 0 Å². The predicted octanol–water partition coefficient (Wildman–Crippen LogP) is -12.3.